The highest BCUT2D eigenvalue weighted by molar-refractivity contribution is 5.81. The van der Waals surface area contributed by atoms with Crippen molar-refractivity contribution in [3.05, 3.63) is 12.2 Å². The minimum absolute atomic E-state index is 0.0788. The van der Waals surface area contributed by atoms with Gasteiger partial charge in [0.25, 0.3) is 0 Å². The molecule has 0 unspecified atom stereocenters. The second kappa shape index (κ2) is 12.6. The molecule has 0 amide bonds. The van der Waals surface area contributed by atoms with E-state index in [1.165, 1.54) is 38.2 Å². The van der Waals surface area contributed by atoms with Crippen molar-refractivity contribution in [3.8, 4) is 0 Å². The Kier molecular flexibility index (Phi) is 9.93. The van der Waals surface area contributed by atoms with Gasteiger partial charge in [-0.15, -0.1) is 0 Å². The van der Waals surface area contributed by atoms with E-state index in [1.807, 2.05) is 6.92 Å². The van der Waals surface area contributed by atoms with E-state index in [2.05, 4.69) is 6.92 Å². The lowest BCUT2D eigenvalue weighted by Crippen LogP contribution is -2.33. The van der Waals surface area contributed by atoms with Gasteiger partial charge in [0.05, 0.1) is 5.92 Å². The average Bonchev–Trinajstić information content (AvgIpc) is 2.79. The van der Waals surface area contributed by atoms with Crippen molar-refractivity contribution >= 4 is 11.9 Å². The molecule has 0 N–H and O–H groups in total. The molecule has 0 spiro atoms. The average molecular weight is 433 g/mol. The summed E-state index contributed by atoms with van der Waals surface area (Å²) in [5, 5.41) is 0. The Morgan fingerprint density at radius 2 is 1.32 bits per heavy atom. The number of allylic oxidation sites excluding steroid dienone is 1. The highest BCUT2D eigenvalue weighted by Gasteiger charge is 2.35. The van der Waals surface area contributed by atoms with Crippen molar-refractivity contribution in [2.45, 2.75) is 122 Å². The lowest BCUT2D eigenvalue weighted by Gasteiger charge is -2.37. The molecule has 0 bridgehead atoms. The minimum atomic E-state index is -0.209. The van der Waals surface area contributed by atoms with Crippen LogP contribution >= 0.6 is 0 Å². The maximum Gasteiger partial charge on any atom is 0.330 e. The monoisotopic (exact) mass is 432 g/mol. The molecule has 0 aromatic carbocycles. The van der Waals surface area contributed by atoms with E-state index >= 15 is 0 Å². The van der Waals surface area contributed by atoms with Crippen LogP contribution < -0.4 is 0 Å². The first-order valence-electron chi connectivity index (χ1n) is 13.1. The highest BCUT2D eigenvalue weighted by atomic mass is 16.5. The summed E-state index contributed by atoms with van der Waals surface area (Å²) in [5.74, 6) is 2.30. The molecular formula is C27H44O4. The molecule has 0 heterocycles. The maximum atomic E-state index is 12.7. The van der Waals surface area contributed by atoms with Gasteiger partial charge in [-0.25, -0.2) is 4.79 Å². The number of esters is 2. The van der Waals surface area contributed by atoms with Crippen LogP contribution in [0.25, 0.3) is 0 Å². The van der Waals surface area contributed by atoms with E-state index in [0.29, 0.717) is 0 Å². The van der Waals surface area contributed by atoms with Gasteiger partial charge in [-0.05, 0) is 102 Å². The van der Waals surface area contributed by atoms with Crippen molar-refractivity contribution in [1.29, 1.82) is 0 Å². The Labute approximate surface area is 189 Å². The molecule has 4 nitrogen and oxygen atoms in total. The molecule has 176 valence electrons. The van der Waals surface area contributed by atoms with Gasteiger partial charge in [0.15, 0.2) is 0 Å². The molecule has 3 saturated carbocycles. The number of carbonyl (C=O) groups excluding carboxylic acids is 2. The van der Waals surface area contributed by atoms with Crippen molar-refractivity contribution in [3.63, 3.8) is 0 Å². The van der Waals surface area contributed by atoms with E-state index in [1.54, 1.807) is 6.08 Å². The van der Waals surface area contributed by atoms with Crippen LogP contribution in [0.15, 0.2) is 12.2 Å². The predicted octanol–water partition coefficient (Wildman–Crippen LogP) is 6.76. The zero-order valence-corrected chi connectivity index (χ0v) is 19.9. The van der Waals surface area contributed by atoms with Crippen LogP contribution in [0.1, 0.15) is 110 Å². The first-order valence-corrected chi connectivity index (χ1v) is 13.1. The largest absolute Gasteiger partial charge is 0.462 e. The van der Waals surface area contributed by atoms with Crippen LogP contribution in [-0.2, 0) is 19.1 Å². The molecule has 0 aromatic heterocycles. The molecule has 0 atom stereocenters. The van der Waals surface area contributed by atoms with Gasteiger partial charge in [0.1, 0.15) is 12.2 Å². The minimum Gasteiger partial charge on any atom is -0.462 e. The zero-order valence-electron chi connectivity index (χ0n) is 19.9. The lowest BCUT2D eigenvalue weighted by molar-refractivity contribution is -0.157. The normalized spacial score (nSPS) is 34.4. The van der Waals surface area contributed by atoms with Crippen LogP contribution in [-0.4, -0.2) is 24.1 Å². The lowest BCUT2D eigenvalue weighted by atomic mass is 9.70. The standard InChI is InChI=1S/C27H44O4/c1-3-5-7-20-8-16-25(17-9-20)31-27(29)23-12-10-21(11-13-23)22-14-18-24(19-15-22)30-26(28)6-4-2/h4,6,20-25H,3,5,7-19H2,1-2H3. The second-order valence-corrected chi connectivity index (χ2v) is 10.3. The van der Waals surface area contributed by atoms with E-state index in [4.69, 9.17) is 9.47 Å². The van der Waals surface area contributed by atoms with Gasteiger partial charge in [0, 0.05) is 6.08 Å². The molecule has 0 aliphatic heterocycles. The second-order valence-electron chi connectivity index (χ2n) is 10.3. The third-order valence-electron chi connectivity index (χ3n) is 8.12. The van der Waals surface area contributed by atoms with Crippen molar-refractivity contribution in [2.24, 2.45) is 23.7 Å². The van der Waals surface area contributed by atoms with E-state index in [-0.39, 0.29) is 30.1 Å². The fourth-order valence-corrected chi connectivity index (χ4v) is 6.14. The first-order chi connectivity index (χ1) is 15.1. The number of ether oxygens (including phenoxy) is 2. The predicted molar refractivity (Wildman–Crippen MR) is 123 cm³/mol. The van der Waals surface area contributed by atoms with Crippen molar-refractivity contribution in [2.75, 3.05) is 0 Å². The molecular weight excluding hydrogens is 388 g/mol. The van der Waals surface area contributed by atoms with E-state index in [9.17, 15) is 9.59 Å². The summed E-state index contributed by atoms with van der Waals surface area (Å²) in [6, 6.07) is 0. The van der Waals surface area contributed by atoms with Gasteiger partial charge < -0.3 is 9.47 Å². The maximum absolute atomic E-state index is 12.7. The number of unbranched alkanes of at least 4 members (excludes halogenated alkanes) is 1. The molecule has 3 fully saturated rings. The Bertz CT molecular complexity index is 574. The summed E-state index contributed by atoms with van der Waals surface area (Å²) >= 11 is 0. The summed E-state index contributed by atoms with van der Waals surface area (Å²) < 4.78 is 11.5. The molecule has 3 aliphatic carbocycles. The number of carbonyl (C=O) groups is 2. The van der Waals surface area contributed by atoms with Crippen LogP contribution in [0.5, 0.6) is 0 Å². The Morgan fingerprint density at radius 1 is 0.774 bits per heavy atom. The SMILES string of the molecule is CC=CC(=O)OC1CCC(C2CCC(C(=O)OC3CCC(CCCC)CC3)CC2)CC1. The summed E-state index contributed by atoms with van der Waals surface area (Å²) in [7, 11) is 0. The van der Waals surface area contributed by atoms with Gasteiger partial charge >= 0.3 is 11.9 Å². The Morgan fingerprint density at radius 3 is 1.90 bits per heavy atom. The van der Waals surface area contributed by atoms with Crippen LogP contribution in [0, 0.1) is 23.7 Å². The summed E-state index contributed by atoms with van der Waals surface area (Å²) in [5.41, 5.74) is 0. The van der Waals surface area contributed by atoms with Crippen molar-refractivity contribution < 1.29 is 19.1 Å². The summed E-state index contributed by atoms with van der Waals surface area (Å²) in [6.45, 7) is 4.10. The smallest absolute Gasteiger partial charge is 0.330 e. The first kappa shape index (κ1) is 24.3. The Hall–Kier alpha value is -1.32. The van der Waals surface area contributed by atoms with Crippen molar-refractivity contribution in [1.82, 2.24) is 0 Å². The van der Waals surface area contributed by atoms with Crippen LogP contribution in [0.2, 0.25) is 0 Å². The van der Waals surface area contributed by atoms with Gasteiger partial charge in [0.2, 0.25) is 0 Å². The Balaban J connectivity index is 1.32. The summed E-state index contributed by atoms with van der Waals surface area (Å²) in [6.07, 6.45) is 20.6. The van der Waals surface area contributed by atoms with E-state index < -0.39 is 0 Å². The van der Waals surface area contributed by atoms with E-state index in [0.717, 1.165) is 82.0 Å². The molecule has 3 rings (SSSR count). The highest BCUT2D eigenvalue weighted by Crippen LogP contribution is 2.41. The topological polar surface area (TPSA) is 52.6 Å². The summed E-state index contributed by atoms with van der Waals surface area (Å²) in [4.78, 5) is 24.4. The quantitative estimate of drug-likeness (QED) is 0.314. The zero-order chi connectivity index (χ0) is 22.1. The van der Waals surface area contributed by atoms with Gasteiger partial charge in [-0.3, -0.25) is 4.79 Å². The molecule has 0 aromatic rings. The van der Waals surface area contributed by atoms with Crippen LogP contribution in [0.4, 0.5) is 0 Å². The molecule has 0 saturated heterocycles. The molecule has 3 aliphatic rings. The van der Waals surface area contributed by atoms with Gasteiger partial charge in [-0.2, -0.15) is 0 Å². The third kappa shape index (κ3) is 7.64. The van der Waals surface area contributed by atoms with Crippen LogP contribution in [0.3, 0.4) is 0 Å². The number of hydrogen-bond donors (Lipinski definition) is 0. The third-order valence-corrected chi connectivity index (χ3v) is 8.12. The van der Waals surface area contributed by atoms with Gasteiger partial charge in [-0.1, -0.05) is 32.3 Å². The molecule has 31 heavy (non-hydrogen) atoms. The molecule has 0 radical (unpaired) electrons. The fourth-order valence-electron chi connectivity index (χ4n) is 6.14. The molecule has 4 heteroatoms. The number of rotatable bonds is 8. The fraction of sp³-hybridized carbons (Fsp3) is 0.852. The number of hydrogen-bond acceptors (Lipinski definition) is 4.